The highest BCUT2D eigenvalue weighted by molar-refractivity contribution is 5.81. The molecule has 2 aromatic heterocycles. The van der Waals surface area contributed by atoms with E-state index in [9.17, 15) is 18.0 Å². The summed E-state index contributed by atoms with van der Waals surface area (Å²) in [4.78, 5) is 13.3. The number of nitrogens with zero attached hydrogens (tertiary/aromatic N) is 4. The van der Waals surface area contributed by atoms with E-state index in [1.807, 2.05) is 17.4 Å². The lowest BCUT2D eigenvalue weighted by Crippen LogP contribution is -2.45. The molecule has 0 bridgehead atoms. The van der Waals surface area contributed by atoms with Crippen molar-refractivity contribution in [2.45, 2.75) is 25.7 Å². The lowest BCUT2D eigenvalue weighted by Gasteiger charge is -2.23. The summed E-state index contributed by atoms with van der Waals surface area (Å²) < 4.78 is 38.1. The third kappa shape index (κ3) is 3.94. The maximum absolute atomic E-state index is 12.1. The summed E-state index contributed by atoms with van der Waals surface area (Å²) in [6.07, 6.45) is -2.63. The average molecular weight is 315 g/mol. The molecule has 0 fully saturated rings. The van der Waals surface area contributed by atoms with Crippen LogP contribution in [0.1, 0.15) is 12.7 Å². The van der Waals surface area contributed by atoms with E-state index < -0.39 is 24.7 Å². The molecule has 6 nitrogen and oxygen atoms in total. The Bertz CT molecular complexity index is 654. The van der Waals surface area contributed by atoms with Gasteiger partial charge in [-0.05, 0) is 26.1 Å². The van der Waals surface area contributed by atoms with Gasteiger partial charge in [0.15, 0.2) is 11.5 Å². The smallest absolute Gasteiger partial charge is 0.346 e. The highest BCUT2D eigenvalue weighted by Gasteiger charge is 2.29. The van der Waals surface area contributed by atoms with E-state index in [1.54, 1.807) is 28.6 Å². The molecule has 2 heterocycles. The van der Waals surface area contributed by atoms with E-state index in [-0.39, 0.29) is 6.54 Å². The molecule has 0 saturated carbocycles. The van der Waals surface area contributed by atoms with E-state index >= 15 is 0 Å². The lowest BCUT2D eigenvalue weighted by atomic mass is 10.2. The molecule has 0 aliphatic rings. The second kappa shape index (κ2) is 6.30. The molecule has 120 valence electrons. The Hall–Kier alpha value is -2.16. The maximum atomic E-state index is 12.1. The van der Waals surface area contributed by atoms with Crippen molar-refractivity contribution in [3.63, 3.8) is 0 Å². The zero-order chi connectivity index (χ0) is 16.3. The summed E-state index contributed by atoms with van der Waals surface area (Å²) >= 11 is 0. The zero-order valence-corrected chi connectivity index (χ0v) is 12.1. The maximum Gasteiger partial charge on any atom is 0.405 e. The third-order valence-electron chi connectivity index (χ3n) is 3.28. The van der Waals surface area contributed by atoms with Gasteiger partial charge in [-0.2, -0.15) is 13.2 Å². The number of amides is 1. The van der Waals surface area contributed by atoms with Crippen molar-refractivity contribution in [2.24, 2.45) is 0 Å². The van der Waals surface area contributed by atoms with E-state index in [4.69, 9.17) is 0 Å². The summed E-state index contributed by atoms with van der Waals surface area (Å²) in [5.41, 5.74) is 0.667. The Morgan fingerprint density at radius 2 is 2.14 bits per heavy atom. The van der Waals surface area contributed by atoms with Crippen LogP contribution in [0.15, 0.2) is 24.4 Å². The first-order valence-corrected chi connectivity index (χ1v) is 6.61. The Morgan fingerprint density at radius 1 is 1.41 bits per heavy atom. The van der Waals surface area contributed by atoms with Crippen molar-refractivity contribution in [1.82, 2.24) is 24.8 Å². The highest BCUT2D eigenvalue weighted by atomic mass is 19.4. The van der Waals surface area contributed by atoms with Gasteiger partial charge in [-0.25, -0.2) is 0 Å². The molecule has 0 aliphatic carbocycles. The van der Waals surface area contributed by atoms with Gasteiger partial charge in [0.05, 0.1) is 12.6 Å². The standard InChI is InChI=1S/C13H16F3N5O/c1-9(12(22)17-8-13(14,15)16)20(2)7-11-19-18-10-5-3-4-6-21(10)11/h3-6,9H,7-8H2,1-2H3,(H,17,22)/t9-/m0/s1. The van der Waals surface area contributed by atoms with Gasteiger partial charge in [0.25, 0.3) is 0 Å². The van der Waals surface area contributed by atoms with Crippen LogP contribution in [-0.4, -0.2) is 51.2 Å². The minimum atomic E-state index is -4.42. The molecule has 1 N–H and O–H groups in total. The molecular formula is C13H16F3N5O. The van der Waals surface area contributed by atoms with Crippen molar-refractivity contribution in [1.29, 1.82) is 0 Å². The molecule has 0 aromatic carbocycles. The van der Waals surface area contributed by atoms with Crippen molar-refractivity contribution in [3.8, 4) is 0 Å². The number of aromatic nitrogens is 3. The Kier molecular flexibility index (Phi) is 4.65. The number of hydrogen-bond donors (Lipinski definition) is 1. The topological polar surface area (TPSA) is 62.5 Å². The number of carbonyl (C=O) groups is 1. The van der Waals surface area contributed by atoms with Gasteiger partial charge >= 0.3 is 6.18 Å². The molecule has 22 heavy (non-hydrogen) atoms. The predicted molar refractivity (Wildman–Crippen MR) is 73.0 cm³/mol. The molecule has 0 radical (unpaired) electrons. The van der Waals surface area contributed by atoms with Crippen molar-refractivity contribution >= 4 is 11.6 Å². The number of halogens is 3. The number of nitrogens with one attached hydrogen (secondary N) is 1. The van der Waals surface area contributed by atoms with Crippen LogP contribution in [0.2, 0.25) is 0 Å². The molecule has 2 rings (SSSR count). The fourth-order valence-electron chi connectivity index (χ4n) is 1.89. The van der Waals surface area contributed by atoms with Crippen molar-refractivity contribution < 1.29 is 18.0 Å². The largest absolute Gasteiger partial charge is 0.405 e. The molecule has 9 heteroatoms. The normalized spacial score (nSPS) is 13.5. The number of rotatable bonds is 5. The zero-order valence-electron chi connectivity index (χ0n) is 12.1. The van der Waals surface area contributed by atoms with Crippen LogP contribution < -0.4 is 5.32 Å². The van der Waals surface area contributed by atoms with Crippen molar-refractivity contribution in [3.05, 3.63) is 30.2 Å². The molecule has 0 spiro atoms. The first-order valence-electron chi connectivity index (χ1n) is 6.61. The second-order valence-corrected chi connectivity index (χ2v) is 4.97. The Balaban J connectivity index is 1.99. The van der Waals surface area contributed by atoms with Crippen molar-refractivity contribution in [2.75, 3.05) is 13.6 Å². The monoisotopic (exact) mass is 315 g/mol. The number of fused-ring (bicyclic) bond motifs is 1. The first kappa shape index (κ1) is 16.2. The van der Waals surface area contributed by atoms with Gasteiger partial charge in [0.1, 0.15) is 6.54 Å². The van der Waals surface area contributed by atoms with Crippen LogP contribution in [-0.2, 0) is 11.3 Å². The fourth-order valence-corrected chi connectivity index (χ4v) is 1.89. The molecule has 1 atom stereocenters. The first-order chi connectivity index (χ1) is 10.3. The molecule has 0 saturated heterocycles. The van der Waals surface area contributed by atoms with Crippen LogP contribution >= 0.6 is 0 Å². The summed E-state index contributed by atoms with van der Waals surface area (Å²) in [6.45, 7) is 0.485. The fraction of sp³-hybridized carbons (Fsp3) is 0.462. The molecule has 0 unspecified atom stereocenters. The molecule has 2 aromatic rings. The van der Waals surface area contributed by atoms with Crippen LogP contribution in [0, 0.1) is 0 Å². The van der Waals surface area contributed by atoms with Gasteiger partial charge in [0, 0.05) is 6.20 Å². The van der Waals surface area contributed by atoms with E-state index in [2.05, 4.69) is 10.2 Å². The van der Waals surface area contributed by atoms with E-state index in [1.165, 1.54) is 6.92 Å². The van der Waals surface area contributed by atoms with Gasteiger partial charge < -0.3 is 5.32 Å². The number of hydrogen-bond acceptors (Lipinski definition) is 4. The van der Waals surface area contributed by atoms with Gasteiger partial charge in [-0.3, -0.25) is 14.1 Å². The second-order valence-electron chi connectivity index (χ2n) is 4.97. The predicted octanol–water partition coefficient (Wildman–Crippen LogP) is 1.23. The Labute approximate surface area is 124 Å². The van der Waals surface area contributed by atoms with E-state index in [0.29, 0.717) is 11.5 Å². The summed E-state index contributed by atoms with van der Waals surface area (Å²) in [7, 11) is 1.64. The quantitative estimate of drug-likeness (QED) is 0.901. The van der Waals surface area contributed by atoms with Gasteiger partial charge in [0.2, 0.25) is 5.91 Å². The van der Waals surface area contributed by atoms with Gasteiger partial charge in [-0.15, -0.1) is 10.2 Å². The lowest BCUT2D eigenvalue weighted by molar-refractivity contribution is -0.141. The molecular weight excluding hydrogens is 299 g/mol. The minimum Gasteiger partial charge on any atom is -0.346 e. The van der Waals surface area contributed by atoms with Crippen LogP contribution in [0.25, 0.3) is 5.65 Å². The Morgan fingerprint density at radius 3 is 2.82 bits per heavy atom. The van der Waals surface area contributed by atoms with Crippen LogP contribution in [0.3, 0.4) is 0 Å². The summed E-state index contributed by atoms with van der Waals surface area (Å²) in [5, 5.41) is 9.87. The van der Waals surface area contributed by atoms with Crippen LogP contribution in [0.4, 0.5) is 13.2 Å². The highest BCUT2D eigenvalue weighted by Crippen LogP contribution is 2.13. The third-order valence-corrected chi connectivity index (χ3v) is 3.28. The molecule has 1 amide bonds. The number of likely N-dealkylation sites (N-methyl/N-ethyl adjacent to an activating group) is 1. The molecule has 0 aliphatic heterocycles. The summed E-state index contributed by atoms with van der Waals surface area (Å²) in [5.74, 6) is -0.0813. The van der Waals surface area contributed by atoms with Gasteiger partial charge in [-0.1, -0.05) is 6.07 Å². The average Bonchev–Trinajstić information content (AvgIpc) is 2.86. The van der Waals surface area contributed by atoms with E-state index in [0.717, 1.165) is 0 Å². The minimum absolute atomic E-state index is 0.284. The number of alkyl halides is 3. The SMILES string of the molecule is C[C@@H](C(=O)NCC(F)(F)F)N(C)Cc1nnc2ccccn12. The number of pyridine rings is 1. The summed E-state index contributed by atoms with van der Waals surface area (Å²) in [6, 6.07) is 4.71. The number of carbonyl (C=O) groups excluding carboxylic acids is 1. The van der Waals surface area contributed by atoms with Crippen LogP contribution in [0.5, 0.6) is 0 Å².